The average molecular weight is 633 g/mol. The molecule has 3 aromatic rings. The number of rotatable bonds is 12. The summed E-state index contributed by atoms with van der Waals surface area (Å²) in [6, 6.07) is 19.1. The first-order valence-electron chi connectivity index (χ1n) is 12.9. The molecular formula is C30H35BrFN3O4S. The van der Waals surface area contributed by atoms with E-state index in [9.17, 15) is 22.4 Å². The summed E-state index contributed by atoms with van der Waals surface area (Å²) >= 11 is 3.42. The lowest BCUT2D eigenvalue weighted by Crippen LogP contribution is -2.53. The van der Waals surface area contributed by atoms with Crippen molar-refractivity contribution in [2.45, 2.75) is 39.8 Å². The fraction of sp³-hybridized carbons (Fsp3) is 0.333. The first-order valence-corrected chi connectivity index (χ1v) is 15.6. The van der Waals surface area contributed by atoms with E-state index in [-0.39, 0.29) is 24.8 Å². The SMILES string of the molecule is Cc1cc(N(CC(=O)N(Cc2ccc(F)cc2)C(Cc2ccccc2)C(=O)NCC(C)C)S(C)(=O)=O)ccc1Br. The van der Waals surface area contributed by atoms with Crippen LogP contribution >= 0.6 is 15.9 Å². The van der Waals surface area contributed by atoms with Crippen molar-refractivity contribution in [1.82, 2.24) is 10.2 Å². The molecule has 10 heteroatoms. The van der Waals surface area contributed by atoms with Gasteiger partial charge >= 0.3 is 0 Å². The molecule has 0 saturated heterocycles. The van der Waals surface area contributed by atoms with Gasteiger partial charge in [0, 0.05) is 24.0 Å². The molecule has 0 saturated carbocycles. The smallest absolute Gasteiger partial charge is 0.244 e. The number of benzene rings is 3. The molecule has 0 aliphatic rings. The predicted molar refractivity (Wildman–Crippen MR) is 160 cm³/mol. The highest BCUT2D eigenvalue weighted by Crippen LogP contribution is 2.25. The molecule has 3 rings (SSSR count). The van der Waals surface area contributed by atoms with Crippen LogP contribution in [0.3, 0.4) is 0 Å². The highest BCUT2D eigenvalue weighted by Gasteiger charge is 2.33. The molecule has 1 atom stereocenters. The second kappa shape index (κ2) is 13.9. The van der Waals surface area contributed by atoms with Gasteiger partial charge in [-0.25, -0.2) is 12.8 Å². The molecule has 0 aliphatic carbocycles. The molecule has 0 fully saturated rings. The highest BCUT2D eigenvalue weighted by molar-refractivity contribution is 9.10. The Labute approximate surface area is 244 Å². The number of hydrogen-bond donors (Lipinski definition) is 1. The van der Waals surface area contributed by atoms with Crippen LogP contribution in [0, 0.1) is 18.7 Å². The summed E-state index contributed by atoms with van der Waals surface area (Å²) in [5, 5.41) is 2.93. The number of carbonyl (C=O) groups excluding carboxylic acids is 2. The maximum absolute atomic E-state index is 14.0. The van der Waals surface area contributed by atoms with E-state index >= 15 is 0 Å². The number of sulfonamides is 1. The number of halogens is 2. The van der Waals surface area contributed by atoms with Crippen LogP contribution in [0.5, 0.6) is 0 Å². The van der Waals surface area contributed by atoms with Crippen LogP contribution in [0.2, 0.25) is 0 Å². The fourth-order valence-electron chi connectivity index (χ4n) is 4.16. The predicted octanol–water partition coefficient (Wildman–Crippen LogP) is 5.07. The third kappa shape index (κ3) is 8.89. The number of nitrogens with zero attached hydrogens (tertiary/aromatic N) is 2. The Morgan fingerprint density at radius 2 is 1.62 bits per heavy atom. The van der Waals surface area contributed by atoms with Crippen molar-refractivity contribution in [2.24, 2.45) is 5.92 Å². The van der Waals surface area contributed by atoms with Gasteiger partial charge in [-0.15, -0.1) is 0 Å². The van der Waals surface area contributed by atoms with Crippen molar-refractivity contribution < 1.29 is 22.4 Å². The summed E-state index contributed by atoms with van der Waals surface area (Å²) in [7, 11) is -3.86. The summed E-state index contributed by atoms with van der Waals surface area (Å²) in [5.41, 5.74) is 2.58. The second-order valence-corrected chi connectivity index (χ2v) is 13.0. The molecule has 0 bridgehead atoms. The summed E-state index contributed by atoms with van der Waals surface area (Å²) in [6.45, 7) is 5.66. The third-order valence-corrected chi connectivity index (χ3v) is 8.36. The van der Waals surface area contributed by atoms with Gasteiger partial charge in [0.1, 0.15) is 18.4 Å². The van der Waals surface area contributed by atoms with E-state index in [4.69, 9.17) is 0 Å². The van der Waals surface area contributed by atoms with E-state index in [1.807, 2.05) is 51.1 Å². The Morgan fingerprint density at radius 3 is 2.20 bits per heavy atom. The minimum atomic E-state index is -3.86. The minimum Gasteiger partial charge on any atom is -0.354 e. The molecule has 0 aromatic heterocycles. The van der Waals surface area contributed by atoms with Crippen molar-refractivity contribution in [3.05, 3.63) is 99.8 Å². The van der Waals surface area contributed by atoms with Crippen LogP contribution in [-0.4, -0.2) is 50.5 Å². The van der Waals surface area contributed by atoms with Gasteiger partial charge in [0.15, 0.2) is 0 Å². The normalized spacial score (nSPS) is 12.2. The number of aryl methyl sites for hydroxylation is 1. The Balaban J connectivity index is 2.05. The molecule has 3 aromatic carbocycles. The van der Waals surface area contributed by atoms with E-state index in [0.29, 0.717) is 17.8 Å². The van der Waals surface area contributed by atoms with Gasteiger partial charge in [0.25, 0.3) is 0 Å². The quantitative estimate of drug-likeness (QED) is 0.302. The molecule has 7 nitrogen and oxygen atoms in total. The number of anilines is 1. The molecule has 0 aliphatic heterocycles. The monoisotopic (exact) mass is 631 g/mol. The largest absolute Gasteiger partial charge is 0.354 e. The lowest BCUT2D eigenvalue weighted by molar-refractivity contribution is -0.140. The Kier molecular flexibility index (Phi) is 10.9. The number of carbonyl (C=O) groups is 2. The molecule has 40 heavy (non-hydrogen) atoms. The first-order chi connectivity index (χ1) is 18.8. The zero-order valence-electron chi connectivity index (χ0n) is 23.1. The average Bonchev–Trinajstić information content (AvgIpc) is 2.90. The van der Waals surface area contributed by atoms with Gasteiger partial charge in [0.05, 0.1) is 11.9 Å². The van der Waals surface area contributed by atoms with Gasteiger partial charge in [-0.3, -0.25) is 13.9 Å². The van der Waals surface area contributed by atoms with E-state index < -0.39 is 34.3 Å². The maximum Gasteiger partial charge on any atom is 0.244 e. The second-order valence-electron chi connectivity index (χ2n) is 10.2. The van der Waals surface area contributed by atoms with Crippen molar-refractivity contribution in [1.29, 1.82) is 0 Å². The molecular weight excluding hydrogens is 597 g/mol. The standard InChI is InChI=1S/C30H35BrFN3O4S/c1-21(2)18-33-30(37)28(17-23-8-6-5-7-9-23)34(19-24-10-12-25(32)13-11-24)29(36)20-35(40(4,38)39)26-14-15-27(31)22(3)16-26/h5-16,21,28H,17-20H2,1-4H3,(H,33,37). The van der Waals surface area contributed by atoms with Crippen molar-refractivity contribution in [3.63, 3.8) is 0 Å². The summed E-state index contributed by atoms with van der Waals surface area (Å²) in [4.78, 5) is 29.0. The van der Waals surface area contributed by atoms with Crippen molar-refractivity contribution in [3.8, 4) is 0 Å². The Hall–Kier alpha value is -3.24. The summed E-state index contributed by atoms with van der Waals surface area (Å²) < 4.78 is 41.3. The number of hydrogen-bond acceptors (Lipinski definition) is 4. The third-order valence-electron chi connectivity index (χ3n) is 6.33. The van der Waals surface area contributed by atoms with Crippen molar-refractivity contribution >= 4 is 43.5 Å². The molecule has 214 valence electrons. The minimum absolute atomic E-state index is 0.0112. The Morgan fingerprint density at radius 1 is 0.975 bits per heavy atom. The Bertz CT molecular complexity index is 1420. The van der Waals surface area contributed by atoms with Crippen LogP contribution in [0.4, 0.5) is 10.1 Å². The molecule has 0 spiro atoms. The summed E-state index contributed by atoms with van der Waals surface area (Å²) in [5.74, 6) is -1.15. The number of nitrogens with one attached hydrogen (secondary N) is 1. The number of amides is 2. The van der Waals surface area contributed by atoms with Crippen LogP contribution in [0.25, 0.3) is 0 Å². The van der Waals surface area contributed by atoms with E-state index in [1.54, 1.807) is 30.3 Å². The van der Waals surface area contributed by atoms with Gasteiger partial charge in [-0.1, -0.05) is 72.2 Å². The molecule has 0 radical (unpaired) electrons. The first kappa shape index (κ1) is 31.3. The van der Waals surface area contributed by atoms with Crippen LogP contribution < -0.4 is 9.62 Å². The van der Waals surface area contributed by atoms with Gasteiger partial charge < -0.3 is 10.2 Å². The van der Waals surface area contributed by atoms with Gasteiger partial charge in [-0.2, -0.15) is 0 Å². The summed E-state index contributed by atoms with van der Waals surface area (Å²) in [6.07, 6.45) is 1.26. The van der Waals surface area contributed by atoms with Crippen molar-refractivity contribution in [2.75, 3.05) is 23.7 Å². The van der Waals surface area contributed by atoms with Crippen LogP contribution in [0.1, 0.15) is 30.5 Å². The van der Waals surface area contributed by atoms with E-state index in [1.165, 1.54) is 17.0 Å². The molecule has 0 heterocycles. The molecule has 2 amide bonds. The lowest BCUT2D eigenvalue weighted by atomic mass is 10.0. The fourth-order valence-corrected chi connectivity index (χ4v) is 5.25. The van der Waals surface area contributed by atoms with E-state index in [2.05, 4.69) is 21.2 Å². The topological polar surface area (TPSA) is 86.8 Å². The maximum atomic E-state index is 14.0. The highest BCUT2D eigenvalue weighted by atomic mass is 79.9. The van der Waals surface area contributed by atoms with E-state index in [0.717, 1.165) is 26.2 Å². The molecule has 1 unspecified atom stereocenters. The van der Waals surface area contributed by atoms with Crippen LogP contribution in [0.15, 0.2) is 77.3 Å². The lowest BCUT2D eigenvalue weighted by Gasteiger charge is -2.33. The van der Waals surface area contributed by atoms with Crippen LogP contribution in [-0.2, 0) is 32.6 Å². The van der Waals surface area contributed by atoms with Gasteiger partial charge in [0.2, 0.25) is 21.8 Å². The van der Waals surface area contributed by atoms with Gasteiger partial charge in [-0.05, 0) is 59.9 Å². The zero-order valence-corrected chi connectivity index (χ0v) is 25.5. The molecule has 1 N–H and O–H groups in total. The zero-order chi connectivity index (χ0) is 29.4.